The van der Waals surface area contributed by atoms with Crippen LogP contribution in [0.4, 0.5) is 20.3 Å². The van der Waals surface area contributed by atoms with Crippen molar-refractivity contribution in [2.24, 2.45) is 5.92 Å². The third kappa shape index (κ3) is 5.34. The number of β-amino-alcohol motifs (C(OH)–C–C–N with tert-alkyl or cyclic N) is 1. The molecule has 0 aliphatic carbocycles. The monoisotopic (exact) mass is 483 g/mol. The normalized spacial score (nSPS) is 20.8. The average Bonchev–Trinajstić information content (AvgIpc) is 2.88. The number of halogens is 2. The number of hydrogen-bond acceptors (Lipinski definition) is 8. The molecule has 1 unspecified atom stereocenters. The quantitative estimate of drug-likeness (QED) is 0.472. The van der Waals surface area contributed by atoms with Crippen LogP contribution in [0.2, 0.25) is 0 Å². The summed E-state index contributed by atoms with van der Waals surface area (Å²) in [5.74, 6) is -3.06. The second-order valence-corrected chi connectivity index (χ2v) is 9.17. The summed E-state index contributed by atoms with van der Waals surface area (Å²) in [6.07, 6.45) is 3.05. The Morgan fingerprint density at radius 1 is 1.09 bits per heavy atom. The van der Waals surface area contributed by atoms with Gasteiger partial charge in [-0.2, -0.15) is 0 Å². The third-order valence-corrected chi connectivity index (χ3v) is 6.91. The van der Waals surface area contributed by atoms with Gasteiger partial charge in [-0.3, -0.25) is 9.88 Å². The molecular formula is C25H31F2N7O. The number of anilines is 2. The molecule has 0 radical (unpaired) electrons. The van der Waals surface area contributed by atoms with Crippen LogP contribution in [0.3, 0.4) is 0 Å². The molecule has 1 atom stereocenters. The minimum atomic E-state index is -2.71. The molecule has 1 aromatic carbocycles. The van der Waals surface area contributed by atoms with E-state index in [2.05, 4.69) is 42.5 Å². The highest BCUT2D eigenvalue weighted by Crippen LogP contribution is 2.32. The highest BCUT2D eigenvalue weighted by molar-refractivity contribution is 5.88. The molecule has 186 valence electrons. The second-order valence-electron chi connectivity index (χ2n) is 9.17. The van der Waals surface area contributed by atoms with E-state index in [9.17, 15) is 8.78 Å². The van der Waals surface area contributed by atoms with Gasteiger partial charge in [0.1, 0.15) is 5.52 Å². The van der Waals surface area contributed by atoms with Crippen molar-refractivity contribution in [2.45, 2.75) is 12.3 Å². The van der Waals surface area contributed by atoms with Gasteiger partial charge in [0.05, 0.1) is 23.7 Å². The van der Waals surface area contributed by atoms with E-state index >= 15 is 0 Å². The summed E-state index contributed by atoms with van der Waals surface area (Å²) in [4.78, 5) is 18.2. The molecule has 2 fully saturated rings. The molecule has 2 saturated heterocycles. The highest BCUT2D eigenvalue weighted by atomic mass is 19.3. The maximum absolute atomic E-state index is 14.3. The lowest BCUT2D eigenvalue weighted by Gasteiger charge is -2.35. The van der Waals surface area contributed by atoms with Crippen LogP contribution < -0.4 is 15.5 Å². The Kier molecular flexibility index (Phi) is 7.03. The molecule has 0 bridgehead atoms. The van der Waals surface area contributed by atoms with E-state index in [4.69, 9.17) is 10.1 Å². The Bertz CT molecular complexity index is 1140. The number of nitrogens with one attached hydrogen (secondary N) is 2. The maximum Gasteiger partial charge on any atom is 0.255 e. The standard InChI is InChI=1S/C25H31F2N7O/c26-25(27)5-6-28-16-19(25)17-31-24-23-22(29-7-8-30-23)15-21(32-24)18-1-3-20(4-2-18)34-11-9-33(10-12-34)13-14-35/h1-4,7-8,15,19,28,35H,5-6,9-14,16-17H2,(H,31,32). The first kappa shape index (κ1) is 23.8. The Morgan fingerprint density at radius 3 is 2.60 bits per heavy atom. The van der Waals surface area contributed by atoms with Crippen LogP contribution in [0.15, 0.2) is 42.7 Å². The fourth-order valence-corrected chi connectivity index (χ4v) is 4.78. The minimum Gasteiger partial charge on any atom is -0.395 e. The maximum atomic E-state index is 14.3. The lowest BCUT2D eigenvalue weighted by molar-refractivity contribution is -0.0728. The summed E-state index contributed by atoms with van der Waals surface area (Å²) in [5.41, 5.74) is 4.02. The molecule has 5 rings (SSSR count). The van der Waals surface area contributed by atoms with Gasteiger partial charge in [0.15, 0.2) is 5.82 Å². The SMILES string of the molecule is OCCN1CCN(c2ccc(-c3cc4nccnc4c(NCC4CNCCC4(F)F)n3)cc2)CC1. The number of aliphatic hydroxyl groups excluding tert-OH is 1. The van der Waals surface area contributed by atoms with E-state index in [0.29, 0.717) is 35.6 Å². The first-order chi connectivity index (χ1) is 17.0. The van der Waals surface area contributed by atoms with Crippen LogP contribution in [0, 0.1) is 5.92 Å². The van der Waals surface area contributed by atoms with Crippen molar-refractivity contribution in [2.75, 3.05) is 69.2 Å². The van der Waals surface area contributed by atoms with Gasteiger partial charge in [-0.15, -0.1) is 0 Å². The van der Waals surface area contributed by atoms with E-state index in [0.717, 1.165) is 37.4 Å². The molecular weight excluding hydrogens is 452 g/mol. The van der Waals surface area contributed by atoms with Gasteiger partial charge in [0, 0.05) is 82.4 Å². The van der Waals surface area contributed by atoms with Crippen LogP contribution in [0.5, 0.6) is 0 Å². The molecule has 4 heterocycles. The number of pyridine rings is 1. The third-order valence-electron chi connectivity index (χ3n) is 6.91. The zero-order valence-electron chi connectivity index (χ0n) is 19.6. The number of piperazine rings is 1. The molecule has 10 heteroatoms. The summed E-state index contributed by atoms with van der Waals surface area (Å²) in [7, 11) is 0. The van der Waals surface area contributed by atoms with Gasteiger partial charge < -0.3 is 20.6 Å². The van der Waals surface area contributed by atoms with Gasteiger partial charge in [-0.25, -0.2) is 18.7 Å². The van der Waals surface area contributed by atoms with Crippen LogP contribution in [0.1, 0.15) is 6.42 Å². The number of fused-ring (bicyclic) bond motifs is 1. The van der Waals surface area contributed by atoms with Crippen LogP contribution in [-0.4, -0.2) is 89.8 Å². The molecule has 8 nitrogen and oxygen atoms in total. The predicted octanol–water partition coefficient (Wildman–Crippen LogP) is 2.46. The molecule has 0 saturated carbocycles. The Hall–Kier alpha value is -2.95. The fourth-order valence-electron chi connectivity index (χ4n) is 4.78. The lowest BCUT2D eigenvalue weighted by atomic mass is 9.95. The molecule has 3 aromatic rings. The fraction of sp³-hybridized carbons (Fsp3) is 0.480. The Labute approximate surface area is 203 Å². The topological polar surface area (TPSA) is 89.4 Å². The van der Waals surface area contributed by atoms with Crippen molar-refractivity contribution in [3.8, 4) is 11.3 Å². The van der Waals surface area contributed by atoms with E-state index in [1.807, 2.05) is 18.2 Å². The Balaban J connectivity index is 1.35. The van der Waals surface area contributed by atoms with Gasteiger partial charge in [0.2, 0.25) is 0 Å². The van der Waals surface area contributed by atoms with Crippen molar-refractivity contribution in [3.63, 3.8) is 0 Å². The predicted molar refractivity (Wildman–Crippen MR) is 133 cm³/mol. The summed E-state index contributed by atoms with van der Waals surface area (Å²) in [6.45, 7) is 5.29. The van der Waals surface area contributed by atoms with Gasteiger partial charge >= 0.3 is 0 Å². The minimum absolute atomic E-state index is 0.101. The van der Waals surface area contributed by atoms with Gasteiger partial charge in [-0.05, 0) is 18.2 Å². The number of aromatic nitrogens is 3. The van der Waals surface area contributed by atoms with Crippen molar-refractivity contribution < 1.29 is 13.9 Å². The Morgan fingerprint density at radius 2 is 1.86 bits per heavy atom. The number of alkyl halides is 2. The molecule has 3 N–H and O–H groups in total. The molecule has 35 heavy (non-hydrogen) atoms. The van der Waals surface area contributed by atoms with Crippen LogP contribution in [0.25, 0.3) is 22.3 Å². The first-order valence-electron chi connectivity index (χ1n) is 12.2. The van der Waals surface area contributed by atoms with Crippen molar-refractivity contribution in [1.82, 2.24) is 25.2 Å². The smallest absolute Gasteiger partial charge is 0.255 e. The summed E-state index contributed by atoms with van der Waals surface area (Å²) in [5, 5.41) is 15.3. The van der Waals surface area contributed by atoms with Crippen LogP contribution in [-0.2, 0) is 0 Å². The summed E-state index contributed by atoms with van der Waals surface area (Å²) >= 11 is 0. The summed E-state index contributed by atoms with van der Waals surface area (Å²) < 4.78 is 28.7. The van der Waals surface area contributed by atoms with E-state index < -0.39 is 11.8 Å². The largest absolute Gasteiger partial charge is 0.395 e. The van der Waals surface area contributed by atoms with Crippen LogP contribution >= 0.6 is 0 Å². The number of hydrogen-bond donors (Lipinski definition) is 3. The van der Waals surface area contributed by atoms with Crippen molar-refractivity contribution in [3.05, 3.63) is 42.7 Å². The summed E-state index contributed by atoms with van der Waals surface area (Å²) in [6, 6.07) is 10.1. The van der Waals surface area contributed by atoms with E-state index in [1.54, 1.807) is 12.4 Å². The van der Waals surface area contributed by atoms with E-state index in [1.165, 1.54) is 0 Å². The van der Waals surface area contributed by atoms with Gasteiger partial charge in [0.25, 0.3) is 5.92 Å². The van der Waals surface area contributed by atoms with Crippen molar-refractivity contribution in [1.29, 1.82) is 0 Å². The lowest BCUT2D eigenvalue weighted by Crippen LogP contribution is -2.47. The highest BCUT2D eigenvalue weighted by Gasteiger charge is 2.41. The first-order valence-corrected chi connectivity index (χ1v) is 12.2. The number of rotatable bonds is 7. The number of benzene rings is 1. The van der Waals surface area contributed by atoms with Gasteiger partial charge in [-0.1, -0.05) is 12.1 Å². The van der Waals surface area contributed by atoms with E-state index in [-0.39, 0.29) is 26.1 Å². The average molecular weight is 484 g/mol. The number of aliphatic hydroxyl groups is 1. The van der Waals surface area contributed by atoms with Crippen molar-refractivity contribution >= 4 is 22.5 Å². The molecule has 2 aliphatic rings. The number of nitrogens with zero attached hydrogens (tertiary/aromatic N) is 5. The second kappa shape index (κ2) is 10.3. The zero-order chi connectivity index (χ0) is 24.3. The molecule has 0 amide bonds. The molecule has 2 aliphatic heterocycles. The number of piperidine rings is 1. The zero-order valence-corrected chi connectivity index (χ0v) is 19.6. The molecule has 2 aromatic heterocycles. The molecule has 0 spiro atoms.